The van der Waals surface area contributed by atoms with Gasteiger partial charge in [-0.25, -0.2) is 0 Å². The molecular weight excluding hydrogens is 242 g/mol. The van der Waals surface area contributed by atoms with Gasteiger partial charge in [0.05, 0.1) is 6.61 Å². The molecule has 0 aliphatic carbocycles. The number of aryl methyl sites for hydroxylation is 1. The molecule has 0 amide bonds. The topological polar surface area (TPSA) is 51.5 Å². The highest BCUT2D eigenvalue weighted by Crippen LogP contribution is 2.06. The molecule has 0 radical (unpaired) electrons. The molecule has 0 atom stereocenters. The van der Waals surface area contributed by atoms with Crippen LogP contribution in [-0.4, -0.2) is 22.9 Å². The second-order valence-electron chi connectivity index (χ2n) is 4.71. The maximum Gasteiger partial charge on any atom is 0.292 e. The van der Waals surface area contributed by atoms with Crippen LogP contribution in [0.25, 0.3) is 0 Å². The zero-order valence-electron chi connectivity index (χ0n) is 11.8. The SMILES string of the molecule is CCCCCCCOc1cccn(CCCO)c1=O. The fourth-order valence-corrected chi connectivity index (χ4v) is 1.93. The first-order valence-electron chi connectivity index (χ1n) is 7.22. The Morgan fingerprint density at radius 2 is 2.00 bits per heavy atom. The van der Waals surface area contributed by atoms with E-state index in [1.165, 1.54) is 19.3 Å². The van der Waals surface area contributed by atoms with Crippen molar-refractivity contribution >= 4 is 0 Å². The molecule has 19 heavy (non-hydrogen) atoms. The third kappa shape index (κ3) is 5.92. The second-order valence-corrected chi connectivity index (χ2v) is 4.71. The zero-order valence-corrected chi connectivity index (χ0v) is 11.8. The van der Waals surface area contributed by atoms with E-state index in [-0.39, 0.29) is 12.2 Å². The first-order valence-corrected chi connectivity index (χ1v) is 7.22. The number of nitrogens with zero attached hydrogens (tertiary/aromatic N) is 1. The van der Waals surface area contributed by atoms with Crippen molar-refractivity contribution in [2.24, 2.45) is 0 Å². The van der Waals surface area contributed by atoms with Gasteiger partial charge in [-0.15, -0.1) is 0 Å². The number of aliphatic hydroxyl groups is 1. The Bertz CT molecular complexity index is 401. The van der Waals surface area contributed by atoms with Gasteiger partial charge in [0.15, 0.2) is 5.75 Å². The maximum absolute atomic E-state index is 12.0. The Hall–Kier alpha value is -1.29. The smallest absolute Gasteiger partial charge is 0.292 e. The molecule has 1 aromatic heterocycles. The van der Waals surface area contributed by atoms with Crippen molar-refractivity contribution in [1.29, 1.82) is 0 Å². The molecule has 0 aliphatic heterocycles. The third-order valence-corrected chi connectivity index (χ3v) is 3.05. The van der Waals surface area contributed by atoms with Gasteiger partial charge in [-0.05, 0) is 25.0 Å². The molecule has 0 aliphatic rings. The van der Waals surface area contributed by atoms with Crippen LogP contribution >= 0.6 is 0 Å². The normalized spacial score (nSPS) is 10.6. The lowest BCUT2D eigenvalue weighted by Crippen LogP contribution is -2.22. The molecule has 1 aromatic rings. The minimum atomic E-state index is -0.107. The molecule has 1 N–H and O–H groups in total. The predicted octanol–water partition coefficient (Wildman–Crippen LogP) is 2.58. The Balaban J connectivity index is 2.39. The number of aliphatic hydroxyl groups excluding tert-OH is 1. The summed E-state index contributed by atoms with van der Waals surface area (Å²) in [4.78, 5) is 12.0. The van der Waals surface area contributed by atoms with Gasteiger partial charge in [0.1, 0.15) is 0 Å². The van der Waals surface area contributed by atoms with Gasteiger partial charge in [0.2, 0.25) is 0 Å². The van der Waals surface area contributed by atoms with Crippen LogP contribution in [0.3, 0.4) is 0 Å². The van der Waals surface area contributed by atoms with Crippen molar-refractivity contribution < 1.29 is 9.84 Å². The first-order chi connectivity index (χ1) is 9.29. The van der Waals surface area contributed by atoms with E-state index in [0.717, 1.165) is 12.8 Å². The first kappa shape index (κ1) is 15.8. The van der Waals surface area contributed by atoms with Gasteiger partial charge in [-0.2, -0.15) is 0 Å². The highest BCUT2D eigenvalue weighted by Gasteiger charge is 2.03. The molecule has 0 saturated carbocycles. The molecule has 4 nitrogen and oxygen atoms in total. The summed E-state index contributed by atoms with van der Waals surface area (Å²) >= 11 is 0. The predicted molar refractivity (Wildman–Crippen MR) is 76.7 cm³/mol. The van der Waals surface area contributed by atoms with E-state index in [2.05, 4.69) is 6.92 Å². The Kier molecular flexibility index (Phi) is 7.98. The van der Waals surface area contributed by atoms with E-state index in [0.29, 0.717) is 25.3 Å². The molecule has 1 heterocycles. The summed E-state index contributed by atoms with van der Waals surface area (Å²) in [5.74, 6) is 0.413. The molecule has 4 heteroatoms. The lowest BCUT2D eigenvalue weighted by atomic mass is 10.2. The quantitative estimate of drug-likeness (QED) is 0.663. The van der Waals surface area contributed by atoms with Gasteiger partial charge < -0.3 is 14.4 Å². The van der Waals surface area contributed by atoms with Gasteiger partial charge in [-0.3, -0.25) is 4.79 Å². The van der Waals surface area contributed by atoms with Crippen LogP contribution in [0.5, 0.6) is 5.75 Å². The van der Waals surface area contributed by atoms with Crippen LogP contribution in [0.4, 0.5) is 0 Å². The fourth-order valence-electron chi connectivity index (χ4n) is 1.93. The molecule has 1 rings (SSSR count). The molecule has 0 unspecified atom stereocenters. The number of rotatable bonds is 10. The van der Waals surface area contributed by atoms with Gasteiger partial charge in [0.25, 0.3) is 5.56 Å². The number of hydrogen-bond acceptors (Lipinski definition) is 3. The minimum Gasteiger partial charge on any atom is -0.488 e. The van der Waals surface area contributed by atoms with Gasteiger partial charge in [-0.1, -0.05) is 32.6 Å². The number of aromatic nitrogens is 1. The average molecular weight is 267 g/mol. The monoisotopic (exact) mass is 267 g/mol. The lowest BCUT2D eigenvalue weighted by Gasteiger charge is -2.09. The summed E-state index contributed by atoms with van der Waals surface area (Å²) in [5.41, 5.74) is -0.107. The lowest BCUT2D eigenvalue weighted by molar-refractivity contribution is 0.275. The van der Waals surface area contributed by atoms with Crippen molar-refractivity contribution in [1.82, 2.24) is 4.57 Å². The van der Waals surface area contributed by atoms with Crippen LogP contribution in [0.1, 0.15) is 45.4 Å². The Labute approximate surface area is 115 Å². The highest BCUT2D eigenvalue weighted by atomic mass is 16.5. The molecule has 0 fully saturated rings. The van der Waals surface area contributed by atoms with Crippen LogP contribution in [0.15, 0.2) is 23.1 Å². The summed E-state index contributed by atoms with van der Waals surface area (Å²) in [6.45, 7) is 3.41. The fraction of sp³-hybridized carbons (Fsp3) is 0.667. The highest BCUT2D eigenvalue weighted by molar-refractivity contribution is 5.17. The maximum atomic E-state index is 12.0. The third-order valence-electron chi connectivity index (χ3n) is 3.05. The number of hydrogen-bond donors (Lipinski definition) is 1. The Morgan fingerprint density at radius 1 is 1.21 bits per heavy atom. The number of ether oxygens (including phenoxy) is 1. The van der Waals surface area contributed by atoms with E-state index >= 15 is 0 Å². The van der Waals surface area contributed by atoms with E-state index in [1.807, 2.05) is 6.07 Å². The number of unbranched alkanes of at least 4 members (excludes halogenated alkanes) is 4. The second kappa shape index (κ2) is 9.62. The Morgan fingerprint density at radius 3 is 2.74 bits per heavy atom. The summed E-state index contributed by atoms with van der Waals surface area (Å²) in [6, 6.07) is 3.52. The largest absolute Gasteiger partial charge is 0.488 e. The summed E-state index contributed by atoms with van der Waals surface area (Å²) in [5, 5.41) is 8.79. The van der Waals surface area contributed by atoms with E-state index in [9.17, 15) is 4.79 Å². The standard InChI is InChI=1S/C15H25NO3/c1-2-3-4-5-6-13-19-14-9-7-10-16(15(14)18)11-8-12-17/h7,9-10,17H,2-6,8,11-13H2,1H3. The van der Waals surface area contributed by atoms with Crippen molar-refractivity contribution in [2.45, 2.75) is 52.0 Å². The van der Waals surface area contributed by atoms with Gasteiger partial charge >= 0.3 is 0 Å². The molecular formula is C15H25NO3. The average Bonchev–Trinajstić information content (AvgIpc) is 2.43. The number of pyridine rings is 1. The van der Waals surface area contributed by atoms with Crippen LogP contribution in [0.2, 0.25) is 0 Å². The van der Waals surface area contributed by atoms with Crippen molar-refractivity contribution in [3.63, 3.8) is 0 Å². The summed E-state index contributed by atoms with van der Waals surface area (Å²) < 4.78 is 7.13. The van der Waals surface area contributed by atoms with E-state index < -0.39 is 0 Å². The van der Waals surface area contributed by atoms with Crippen molar-refractivity contribution in [3.05, 3.63) is 28.7 Å². The van der Waals surface area contributed by atoms with Crippen molar-refractivity contribution in [3.8, 4) is 5.75 Å². The molecule has 0 bridgehead atoms. The van der Waals surface area contributed by atoms with Gasteiger partial charge in [0, 0.05) is 19.3 Å². The van der Waals surface area contributed by atoms with E-state index in [4.69, 9.17) is 9.84 Å². The molecule has 0 saturated heterocycles. The van der Waals surface area contributed by atoms with E-state index in [1.54, 1.807) is 16.8 Å². The molecule has 0 aromatic carbocycles. The van der Waals surface area contributed by atoms with Crippen LogP contribution < -0.4 is 10.3 Å². The van der Waals surface area contributed by atoms with Crippen molar-refractivity contribution in [2.75, 3.05) is 13.2 Å². The summed E-state index contributed by atoms with van der Waals surface area (Å²) in [7, 11) is 0. The van der Waals surface area contributed by atoms with Crippen LogP contribution in [-0.2, 0) is 6.54 Å². The zero-order chi connectivity index (χ0) is 13.9. The molecule has 0 spiro atoms. The molecule has 108 valence electrons. The minimum absolute atomic E-state index is 0.0922. The summed E-state index contributed by atoms with van der Waals surface area (Å²) in [6.07, 6.45) is 8.18. The van der Waals surface area contributed by atoms with Crippen LogP contribution in [0, 0.1) is 0 Å².